The molecule has 1 aromatic rings. The number of carbonyl (C=O) groups excluding carboxylic acids is 2. The van der Waals surface area contributed by atoms with Crippen molar-refractivity contribution < 1.29 is 14.3 Å². The van der Waals surface area contributed by atoms with E-state index in [4.69, 9.17) is 0 Å². The molecule has 0 amide bonds. The highest BCUT2D eigenvalue weighted by Crippen LogP contribution is 2.18. The average Bonchev–Trinajstić information content (AvgIpc) is 2.19. The minimum absolute atomic E-state index is 0.0162. The molecule has 0 saturated carbocycles. The van der Waals surface area contributed by atoms with Crippen LogP contribution >= 0.6 is 15.9 Å². The Balaban J connectivity index is 3.14. The zero-order valence-electron chi connectivity index (χ0n) is 8.54. The van der Waals surface area contributed by atoms with Gasteiger partial charge < -0.3 is 4.74 Å². The highest BCUT2D eigenvalue weighted by molar-refractivity contribution is 9.10. The fraction of sp³-hybridized carbons (Fsp3) is 0.273. The first-order chi connectivity index (χ1) is 7.04. The first kappa shape index (κ1) is 11.9. The molecule has 0 aliphatic rings. The lowest BCUT2D eigenvalue weighted by atomic mass is 10.0. The Kier molecular flexibility index (Phi) is 4.03. The molecule has 0 fully saturated rings. The van der Waals surface area contributed by atoms with Gasteiger partial charge in [0.15, 0.2) is 0 Å². The molecule has 0 saturated heterocycles. The number of Topliss-reactive ketones (excluding diaryl/α,β-unsaturated/α-hetero) is 1. The zero-order chi connectivity index (χ0) is 11.4. The normalized spacial score (nSPS) is 9.80. The standard InChI is InChI=1S/C11H11BrO3/c1-7(13)5-8-3-4-9(12)6-10(8)11(14)15-2/h3-4,6H,5H2,1-2H3. The summed E-state index contributed by atoms with van der Waals surface area (Å²) < 4.78 is 5.43. The van der Waals surface area contributed by atoms with Crippen molar-refractivity contribution in [2.24, 2.45) is 0 Å². The van der Waals surface area contributed by atoms with Gasteiger partial charge in [0, 0.05) is 10.9 Å². The van der Waals surface area contributed by atoms with Gasteiger partial charge in [-0.05, 0) is 24.6 Å². The SMILES string of the molecule is COC(=O)c1cc(Br)ccc1CC(C)=O. The predicted molar refractivity (Wildman–Crippen MR) is 59.9 cm³/mol. The molecule has 0 spiro atoms. The van der Waals surface area contributed by atoms with Crippen molar-refractivity contribution in [3.8, 4) is 0 Å². The molecule has 1 aromatic carbocycles. The minimum Gasteiger partial charge on any atom is -0.465 e. The Bertz CT molecular complexity index is 399. The molecule has 0 bridgehead atoms. The maximum atomic E-state index is 11.4. The summed E-state index contributed by atoms with van der Waals surface area (Å²) in [6, 6.07) is 5.20. The van der Waals surface area contributed by atoms with E-state index < -0.39 is 5.97 Å². The lowest BCUT2D eigenvalue weighted by molar-refractivity contribution is -0.116. The molecule has 1 rings (SSSR count). The van der Waals surface area contributed by atoms with Crippen LogP contribution in [0, 0.1) is 0 Å². The van der Waals surface area contributed by atoms with Gasteiger partial charge in [-0.15, -0.1) is 0 Å². The number of hydrogen-bond acceptors (Lipinski definition) is 3. The van der Waals surface area contributed by atoms with Gasteiger partial charge in [-0.1, -0.05) is 22.0 Å². The van der Waals surface area contributed by atoms with E-state index in [9.17, 15) is 9.59 Å². The van der Waals surface area contributed by atoms with Crippen LogP contribution in [0.5, 0.6) is 0 Å². The van der Waals surface area contributed by atoms with Crippen LogP contribution in [-0.2, 0) is 16.0 Å². The molecule has 80 valence electrons. The van der Waals surface area contributed by atoms with Crippen LogP contribution in [-0.4, -0.2) is 18.9 Å². The van der Waals surface area contributed by atoms with E-state index in [0.717, 1.165) is 4.47 Å². The number of rotatable bonds is 3. The second-order valence-electron chi connectivity index (χ2n) is 3.17. The molecule has 0 radical (unpaired) electrons. The molecule has 0 aliphatic heterocycles. The van der Waals surface area contributed by atoms with Crippen molar-refractivity contribution in [2.45, 2.75) is 13.3 Å². The first-order valence-electron chi connectivity index (χ1n) is 4.40. The van der Waals surface area contributed by atoms with Crippen LogP contribution in [0.25, 0.3) is 0 Å². The van der Waals surface area contributed by atoms with Crippen LogP contribution in [0.4, 0.5) is 0 Å². The maximum Gasteiger partial charge on any atom is 0.338 e. The van der Waals surface area contributed by atoms with Crippen LogP contribution in [0.15, 0.2) is 22.7 Å². The highest BCUT2D eigenvalue weighted by atomic mass is 79.9. The number of methoxy groups -OCH3 is 1. The van der Waals surface area contributed by atoms with Crippen molar-refractivity contribution in [2.75, 3.05) is 7.11 Å². The minimum atomic E-state index is -0.424. The molecule has 4 heteroatoms. The van der Waals surface area contributed by atoms with Gasteiger partial charge >= 0.3 is 5.97 Å². The Hall–Kier alpha value is -1.16. The fourth-order valence-electron chi connectivity index (χ4n) is 1.27. The molecule has 0 heterocycles. The number of hydrogen-bond donors (Lipinski definition) is 0. The molecule has 15 heavy (non-hydrogen) atoms. The van der Waals surface area contributed by atoms with Gasteiger partial charge in [-0.3, -0.25) is 4.79 Å². The number of esters is 1. The molecule has 0 aromatic heterocycles. The summed E-state index contributed by atoms with van der Waals surface area (Å²) in [4.78, 5) is 22.4. The first-order valence-corrected chi connectivity index (χ1v) is 5.20. The molecule has 0 atom stereocenters. The maximum absolute atomic E-state index is 11.4. The van der Waals surface area contributed by atoms with Crippen molar-refractivity contribution in [3.63, 3.8) is 0 Å². The Morgan fingerprint density at radius 2 is 2.07 bits per heavy atom. The quantitative estimate of drug-likeness (QED) is 0.793. The number of ketones is 1. The van der Waals surface area contributed by atoms with Crippen molar-refractivity contribution in [3.05, 3.63) is 33.8 Å². The lowest BCUT2D eigenvalue weighted by Crippen LogP contribution is -2.08. The summed E-state index contributed by atoms with van der Waals surface area (Å²) in [5.41, 5.74) is 1.12. The van der Waals surface area contributed by atoms with Crippen molar-refractivity contribution in [1.29, 1.82) is 0 Å². The van der Waals surface area contributed by atoms with Gasteiger partial charge in [0.05, 0.1) is 12.7 Å². The van der Waals surface area contributed by atoms with E-state index >= 15 is 0 Å². The average molecular weight is 271 g/mol. The van der Waals surface area contributed by atoms with E-state index in [2.05, 4.69) is 20.7 Å². The van der Waals surface area contributed by atoms with Crippen molar-refractivity contribution >= 4 is 27.7 Å². The van der Waals surface area contributed by atoms with Crippen LogP contribution in [0.1, 0.15) is 22.8 Å². The largest absolute Gasteiger partial charge is 0.465 e. The number of carbonyl (C=O) groups is 2. The summed E-state index contributed by atoms with van der Waals surface area (Å²) in [7, 11) is 1.32. The predicted octanol–water partition coefficient (Wildman–Crippen LogP) is 2.37. The summed E-state index contributed by atoms with van der Waals surface area (Å²) in [5, 5.41) is 0. The van der Waals surface area contributed by atoms with Crippen LogP contribution < -0.4 is 0 Å². The fourth-order valence-corrected chi connectivity index (χ4v) is 1.63. The lowest BCUT2D eigenvalue weighted by Gasteiger charge is -2.06. The third kappa shape index (κ3) is 3.16. The van der Waals surface area contributed by atoms with Crippen LogP contribution in [0.3, 0.4) is 0 Å². The molecule has 0 aliphatic carbocycles. The highest BCUT2D eigenvalue weighted by Gasteiger charge is 2.13. The monoisotopic (exact) mass is 270 g/mol. The van der Waals surface area contributed by atoms with E-state index in [1.807, 2.05) is 0 Å². The van der Waals surface area contributed by atoms with E-state index in [1.54, 1.807) is 18.2 Å². The summed E-state index contributed by atoms with van der Waals surface area (Å²) in [5.74, 6) is -0.407. The summed E-state index contributed by atoms with van der Waals surface area (Å²) in [6.45, 7) is 1.49. The van der Waals surface area contributed by atoms with Gasteiger partial charge in [0.2, 0.25) is 0 Å². The Morgan fingerprint density at radius 3 is 2.60 bits per heavy atom. The Morgan fingerprint density at radius 1 is 1.40 bits per heavy atom. The number of benzene rings is 1. The Labute approximate surface area is 96.6 Å². The zero-order valence-corrected chi connectivity index (χ0v) is 10.1. The summed E-state index contributed by atoms with van der Waals surface area (Å²) in [6.07, 6.45) is 0.248. The second-order valence-corrected chi connectivity index (χ2v) is 4.09. The summed E-state index contributed by atoms with van der Waals surface area (Å²) >= 11 is 3.27. The van der Waals surface area contributed by atoms with Crippen LogP contribution in [0.2, 0.25) is 0 Å². The van der Waals surface area contributed by atoms with Gasteiger partial charge in [-0.25, -0.2) is 4.79 Å². The molecular formula is C11H11BrO3. The molecule has 0 unspecified atom stereocenters. The smallest absolute Gasteiger partial charge is 0.338 e. The number of ether oxygens (including phenoxy) is 1. The molecular weight excluding hydrogens is 260 g/mol. The van der Waals surface area contributed by atoms with Crippen molar-refractivity contribution in [1.82, 2.24) is 0 Å². The van der Waals surface area contributed by atoms with E-state index in [1.165, 1.54) is 14.0 Å². The molecule has 0 N–H and O–H groups in total. The third-order valence-corrected chi connectivity index (χ3v) is 2.41. The van der Waals surface area contributed by atoms with Gasteiger partial charge in [0.25, 0.3) is 0 Å². The van der Waals surface area contributed by atoms with Gasteiger partial charge in [-0.2, -0.15) is 0 Å². The van der Waals surface area contributed by atoms with E-state index in [0.29, 0.717) is 11.1 Å². The molecule has 3 nitrogen and oxygen atoms in total. The van der Waals surface area contributed by atoms with E-state index in [-0.39, 0.29) is 12.2 Å². The second kappa shape index (κ2) is 5.07. The third-order valence-electron chi connectivity index (χ3n) is 1.92. The number of halogens is 1. The van der Waals surface area contributed by atoms with Gasteiger partial charge in [0.1, 0.15) is 5.78 Å². The topological polar surface area (TPSA) is 43.4 Å².